The van der Waals surface area contributed by atoms with Gasteiger partial charge < -0.3 is 19.4 Å². The van der Waals surface area contributed by atoms with Gasteiger partial charge in [-0.2, -0.15) is 0 Å². The van der Waals surface area contributed by atoms with E-state index in [2.05, 4.69) is 36.5 Å². The van der Waals surface area contributed by atoms with Gasteiger partial charge in [-0.3, -0.25) is 9.59 Å². The summed E-state index contributed by atoms with van der Waals surface area (Å²) < 4.78 is 10.9. The van der Waals surface area contributed by atoms with Gasteiger partial charge in [0.05, 0.1) is 6.26 Å². The number of nitrogens with one attached hydrogen (secondary N) is 1. The summed E-state index contributed by atoms with van der Waals surface area (Å²) in [5.41, 5.74) is 3.29. The normalized spacial score (nSPS) is 15.0. The highest BCUT2D eigenvalue weighted by Crippen LogP contribution is 2.25. The van der Waals surface area contributed by atoms with Crippen LogP contribution in [-0.4, -0.2) is 35.9 Å². The van der Waals surface area contributed by atoms with Gasteiger partial charge in [0.2, 0.25) is 0 Å². The fourth-order valence-electron chi connectivity index (χ4n) is 4.19. The molecule has 1 aliphatic carbocycles. The van der Waals surface area contributed by atoms with Gasteiger partial charge in [0.25, 0.3) is 11.8 Å². The third kappa shape index (κ3) is 5.19. The molecule has 3 aromatic rings. The van der Waals surface area contributed by atoms with Crippen molar-refractivity contribution in [1.82, 2.24) is 4.90 Å². The Balaban J connectivity index is 1.37. The number of nitrogens with zero attached hydrogens (tertiary/aromatic N) is 1. The van der Waals surface area contributed by atoms with E-state index in [9.17, 15) is 9.59 Å². The number of carbonyl (C=O) groups excluding carboxylic acids is 2. The Morgan fingerprint density at radius 1 is 1.09 bits per heavy atom. The summed E-state index contributed by atoms with van der Waals surface area (Å²) >= 11 is 0. The molecule has 166 valence electrons. The van der Waals surface area contributed by atoms with Crippen LogP contribution in [0.2, 0.25) is 0 Å². The smallest absolute Gasteiger partial charge is 0.291 e. The number of hydrogen-bond acceptors (Lipinski definition) is 4. The van der Waals surface area contributed by atoms with Crippen LogP contribution in [-0.2, 0) is 17.6 Å². The Kier molecular flexibility index (Phi) is 6.90. The minimum atomic E-state index is -0.338. The molecule has 2 amide bonds. The molecule has 4 rings (SSSR count). The second-order valence-electron chi connectivity index (χ2n) is 8.00. The van der Waals surface area contributed by atoms with Crippen LogP contribution in [0.25, 0.3) is 0 Å². The second-order valence-corrected chi connectivity index (χ2v) is 8.00. The maximum absolute atomic E-state index is 13.1. The molecule has 1 aliphatic rings. The maximum atomic E-state index is 13.1. The predicted molar refractivity (Wildman–Crippen MR) is 123 cm³/mol. The maximum Gasteiger partial charge on any atom is 0.291 e. The van der Waals surface area contributed by atoms with E-state index in [1.54, 1.807) is 36.4 Å². The number of anilines is 1. The molecule has 0 spiro atoms. The zero-order valence-electron chi connectivity index (χ0n) is 18.3. The highest BCUT2D eigenvalue weighted by molar-refractivity contribution is 6.02. The molecule has 0 fully saturated rings. The highest BCUT2D eigenvalue weighted by Gasteiger charge is 2.27. The average Bonchev–Trinajstić information content (AvgIpc) is 3.36. The zero-order chi connectivity index (χ0) is 22.3. The van der Waals surface area contributed by atoms with Gasteiger partial charge in [-0.15, -0.1) is 0 Å². The van der Waals surface area contributed by atoms with Crippen molar-refractivity contribution in [2.75, 3.05) is 18.5 Å². The van der Waals surface area contributed by atoms with Crippen LogP contribution in [0.4, 0.5) is 5.69 Å². The van der Waals surface area contributed by atoms with Gasteiger partial charge in [-0.1, -0.05) is 37.3 Å². The van der Waals surface area contributed by atoms with Gasteiger partial charge in [-0.05, 0) is 61.1 Å². The highest BCUT2D eigenvalue weighted by atomic mass is 16.5. The molecule has 32 heavy (non-hydrogen) atoms. The number of ether oxygens (including phenoxy) is 1. The molecule has 0 radical (unpaired) electrons. The van der Waals surface area contributed by atoms with Gasteiger partial charge in [0.1, 0.15) is 5.75 Å². The molecule has 1 aromatic heterocycles. The summed E-state index contributed by atoms with van der Waals surface area (Å²) in [6, 6.07) is 18.9. The molecule has 1 heterocycles. The summed E-state index contributed by atoms with van der Waals surface area (Å²) in [6.07, 6.45) is 5.20. The summed E-state index contributed by atoms with van der Waals surface area (Å²) in [4.78, 5) is 27.2. The Labute approximate surface area is 188 Å². The van der Waals surface area contributed by atoms with Crippen molar-refractivity contribution in [2.24, 2.45) is 0 Å². The van der Waals surface area contributed by atoms with Crippen LogP contribution >= 0.6 is 0 Å². The van der Waals surface area contributed by atoms with Crippen LogP contribution < -0.4 is 10.1 Å². The minimum absolute atomic E-state index is 0.0127. The number of hydrogen-bond donors (Lipinski definition) is 1. The molecular weight excluding hydrogens is 404 g/mol. The van der Waals surface area contributed by atoms with E-state index in [-0.39, 0.29) is 30.2 Å². The van der Waals surface area contributed by atoms with E-state index < -0.39 is 0 Å². The Morgan fingerprint density at radius 2 is 1.94 bits per heavy atom. The Bertz CT molecular complexity index is 1060. The van der Waals surface area contributed by atoms with Crippen LogP contribution in [0, 0.1) is 0 Å². The molecule has 0 saturated carbocycles. The quantitative estimate of drug-likeness (QED) is 0.560. The molecule has 6 nitrogen and oxygen atoms in total. The van der Waals surface area contributed by atoms with E-state index in [1.165, 1.54) is 17.4 Å². The first kappa shape index (κ1) is 21.7. The van der Waals surface area contributed by atoms with Crippen molar-refractivity contribution in [3.05, 3.63) is 83.8 Å². The molecule has 2 aromatic carbocycles. The van der Waals surface area contributed by atoms with Gasteiger partial charge >= 0.3 is 0 Å². The van der Waals surface area contributed by atoms with Crippen LogP contribution in [0.5, 0.6) is 5.75 Å². The first-order chi connectivity index (χ1) is 15.6. The third-order valence-electron chi connectivity index (χ3n) is 5.75. The number of carbonyl (C=O) groups is 2. The van der Waals surface area contributed by atoms with Crippen molar-refractivity contribution >= 4 is 17.5 Å². The molecule has 6 heteroatoms. The molecule has 1 atom stereocenters. The monoisotopic (exact) mass is 432 g/mol. The molecule has 0 bridgehead atoms. The number of rotatable bonds is 8. The molecule has 1 N–H and O–H groups in total. The lowest BCUT2D eigenvalue weighted by molar-refractivity contribution is -0.136. The van der Waals surface area contributed by atoms with Gasteiger partial charge in [-0.25, -0.2) is 0 Å². The van der Waals surface area contributed by atoms with Gasteiger partial charge in [0.15, 0.2) is 12.4 Å². The van der Waals surface area contributed by atoms with E-state index >= 15 is 0 Å². The van der Waals surface area contributed by atoms with Gasteiger partial charge in [0, 0.05) is 24.3 Å². The SMILES string of the molecule is CCCN(C(=O)COc1cccc(NC(=O)c2ccco2)c1)C1CCc2ccccc2C1. The predicted octanol–water partition coefficient (Wildman–Crippen LogP) is 4.71. The van der Waals surface area contributed by atoms with Crippen LogP contribution in [0.3, 0.4) is 0 Å². The number of aryl methyl sites for hydroxylation is 1. The lowest BCUT2D eigenvalue weighted by atomic mass is 9.87. The van der Waals surface area contributed by atoms with E-state index in [4.69, 9.17) is 9.15 Å². The largest absolute Gasteiger partial charge is 0.484 e. The number of benzene rings is 2. The fourth-order valence-corrected chi connectivity index (χ4v) is 4.19. The lowest BCUT2D eigenvalue weighted by Gasteiger charge is -2.35. The standard InChI is InChI=1S/C26H28N2O4/c1-2-14-28(22-13-12-19-7-3-4-8-20(19)16-22)25(29)18-32-23-10-5-9-21(17-23)27-26(30)24-11-6-15-31-24/h3-11,15,17,22H,2,12-14,16,18H2,1H3,(H,27,30). The summed E-state index contributed by atoms with van der Waals surface area (Å²) in [5.74, 6) is 0.410. The van der Waals surface area contributed by atoms with Crippen molar-refractivity contribution in [3.8, 4) is 5.75 Å². The number of fused-ring (bicyclic) bond motifs is 1. The third-order valence-corrected chi connectivity index (χ3v) is 5.75. The summed E-state index contributed by atoms with van der Waals surface area (Å²) in [6.45, 7) is 2.77. The van der Waals surface area contributed by atoms with Crippen molar-refractivity contribution in [1.29, 1.82) is 0 Å². The van der Waals surface area contributed by atoms with E-state index in [0.29, 0.717) is 18.0 Å². The first-order valence-electron chi connectivity index (χ1n) is 11.1. The van der Waals surface area contributed by atoms with E-state index in [0.717, 1.165) is 25.7 Å². The lowest BCUT2D eigenvalue weighted by Crippen LogP contribution is -2.45. The van der Waals surface area contributed by atoms with Crippen molar-refractivity contribution in [3.63, 3.8) is 0 Å². The Morgan fingerprint density at radius 3 is 2.72 bits per heavy atom. The summed E-state index contributed by atoms with van der Waals surface area (Å²) in [5, 5.41) is 2.77. The van der Waals surface area contributed by atoms with Crippen LogP contribution in [0.15, 0.2) is 71.3 Å². The second kappa shape index (κ2) is 10.2. The molecular formula is C26H28N2O4. The topological polar surface area (TPSA) is 71.8 Å². The van der Waals surface area contributed by atoms with E-state index in [1.807, 2.05) is 4.90 Å². The first-order valence-corrected chi connectivity index (χ1v) is 11.1. The average molecular weight is 433 g/mol. The Hall–Kier alpha value is -3.54. The number of amides is 2. The summed E-state index contributed by atoms with van der Waals surface area (Å²) in [7, 11) is 0. The van der Waals surface area contributed by atoms with Crippen molar-refractivity contribution < 1.29 is 18.7 Å². The zero-order valence-corrected chi connectivity index (χ0v) is 18.3. The van der Waals surface area contributed by atoms with Crippen molar-refractivity contribution in [2.45, 2.75) is 38.6 Å². The number of furan rings is 1. The molecule has 0 aliphatic heterocycles. The minimum Gasteiger partial charge on any atom is -0.484 e. The fraction of sp³-hybridized carbons (Fsp3) is 0.308. The molecule has 0 saturated heterocycles. The molecule has 1 unspecified atom stereocenters. The van der Waals surface area contributed by atoms with Crippen LogP contribution in [0.1, 0.15) is 41.4 Å².